The number of aryl methyl sites for hydroxylation is 1. The van der Waals surface area contributed by atoms with Crippen LogP contribution in [0.5, 0.6) is 5.75 Å². The Bertz CT molecular complexity index is 596. The highest BCUT2D eigenvalue weighted by molar-refractivity contribution is 5.78. The van der Waals surface area contributed by atoms with Gasteiger partial charge in [0.1, 0.15) is 11.3 Å². The summed E-state index contributed by atoms with van der Waals surface area (Å²) in [6, 6.07) is 5.30. The van der Waals surface area contributed by atoms with Crippen LogP contribution in [-0.2, 0) is 4.79 Å². The Morgan fingerprint density at radius 1 is 1.32 bits per heavy atom. The second-order valence-corrected chi connectivity index (χ2v) is 5.12. The molecule has 1 aliphatic rings. The molecule has 1 aromatic carbocycles. The van der Waals surface area contributed by atoms with Gasteiger partial charge in [0, 0.05) is 13.0 Å². The van der Waals surface area contributed by atoms with Gasteiger partial charge in [-0.2, -0.15) is 0 Å². The first-order chi connectivity index (χ1) is 9.22. The number of fused-ring (bicyclic) bond motifs is 1. The maximum absolute atomic E-state index is 12.0. The van der Waals surface area contributed by atoms with Crippen molar-refractivity contribution in [2.75, 3.05) is 0 Å². The molecule has 0 unspecified atom stereocenters. The number of carbonyl (C=O) groups excluding carboxylic acids is 1. The first-order valence-electron chi connectivity index (χ1n) is 6.81. The molecule has 0 spiro atoms. The molecule has 1 aliphatic carbocycles. The largest absolute Gasteiger partial charge is 0.441 e. The zero-order chi connectivity index (χ0) is 13.2. The van der Waals surface area contributed by atoms with Crippen molar-refractivity contribution in [3.8, 4) is 5.75 Å². The van der Waals surface area contributed by atoms with Crippen molar-refractivity contribution in [3.63, 3.8) is 0 Å². The molecule has 1 fully saturated rings. The van der Waals surface area contributed by atoms with Crippen LogP contribution in [0.1, 0.15) is 38.0 Å². The number of ether oxygens (including phenoxy) is 1. The molecule has 19 heavy (non-hydrogen) atoms. The van der Waals surface area contributed by atoms with E-state index in [1.807, 2.05) is 0 Å². The fourth-order valence-corrected chi connectivity index (χ4v) is 2.62. The molecule has 2 aromatic rings. The number of aromatic nitrogens is 1. The Balaban J connectivity index is 1.74. The molecule has 1 saturated carbocycles. The van der Waals surface area contributed by atoms with Crippen molar-refractivity contribution in [3.05, 3.63) is 24.1 Å². The summed E-state index contributed by atoms with van der Waals surface area (Å²) in [5.74, 6) is 1.12. The van der Waals surface area contributed by atoms with Crippen molar-refractivity contribution in [1.82, 2.24) is 4.98 Å². The standard InChI is InChI=1S/C15H17NO3/c1-10-16-13-9-12(7-8-14(13)18-10)19-15(17)11-5-3-2-4-6-11/h7-9,11H,2-6H2,1H3. The van der Waals surface area contributed by atoms with E-state index < -0.39 is 0 Å². The topological polar surface area (TPSA) is 52.3 Å². The fourth-order valence-electron chi connectivity index (χ4n) is 2.62. The first kappa shape index (κ1) is 12.2. The normalized spacial score (nSPS) is 16.7. The molecule has 0 amide bonds. The van der Waals surface area contributed by atoms with Gasteiger partial charge >= 0.3 is 5.97 Å². The average molecular weight is 259 g/mol. The molecule has 0 atom stereocenters. The van der Waals surface area contributed by atoms with E-state index in [4.69, 9.17) is 9.15 Å². The Labute approximate surface area is 111 Å². The zero-order valence-corrected chi connectivity index (χ0v) is 11.0. The van der Waals surface area contributed by atoms with Gasteiger partial charge in [-0.1, -0.05) is 19.3 Å². The highest BCUT2D eigenvalue weighted by Crippen LogP contribution is 2.27. The third-order valence-electron chi connectivity index (χ3n) is 3.62. The van der Waals surface area contributed by atoms with Crippen LogP contribution in [-0.4, -0.2) is 11.0 Å². The van der Waals surface area contributed by atoms with Crippen LogP contribution in [0.15, 0.2) is 22.6 Å². The quantitative estimate of drug-likeness (QED) is 0.610. The maximum atomic E-state index is 12.0. The average Bonchev–Trinajstić information content (AvgIpc) is 2.79. The summed E-state index contributed by atoms with van der Waals surface area (Å²) in [7, 11) is 0. The lowest BCUT2D eigenvalue weighted by Crippen LogP contribution is -2.22. The van der Waals surface area contributed by atoms with Crippen LogP contribution in [0.4, 0.5) is 0 Å². The van der Waals surface area contributed by atoms with E-state index in [2.05, 4.69) is 4.98 Å². The van der Waals surface area contributed by atoms with Crippen LogP contribution in [0.25, 0.3) is 11.1 Å². The van der Waals surface area contributed by atoms with Crippen molar-refractivity contribution in [2.24, 2.45) is 5.92 Å². The van der Waals surface area contributed by atoms with Gasteiger partial charge in [0.2, 0.25) is 0 Å². The second kappa shape index (κ2) is 5.03. The minimum Gasteiger partial charge on any atom is -0.441 e. The molecule has 3 rings (SSSR count). The molecule has 100 valence electrons. The highest BCUT2D eigenvalue weighted by Gasteiger charge is 2.23. The predicted octanol–water partition coefficient (Wildman–Crippen LogP) is 3.62. The van der Waals surface area contributed by atoms with Gasteiger partial charge in [-0.15, -0.1) is 0 Å². The van der Waals surface area contributed by atoms with Crippen molar-refractivity contribution in [2.45, 2.75) is 39.0 Å². The summed E-state index contributed by atoms with van der Waals surface area (Å²) < 4.78 is 10.8. The number of hydrogen-bond acceptors (Lipinski definition) is 4. The minimum atomic E-state index is -0.112. The van der Waals surface area contributed by atoms with Crippen LogP contribution >= 0.6 is 0 Å². The Morgan fingerprint density at radius 3 is 2.89 bits per heavy atom. The molecule has 0 saturated heterocycles. The Morgan fingerprint density at radius 2 is 2.11 bits per heavy atom. The third kappa shape index (κ3) is 2.62. The lowest BCUT2D eigenvalue weighted by Gasteiger charge is -2.19. The SMILES string of the molecule is Cc1nc2cc(OC(=O)C3CCCCC3)ccc2o1. The number of hydrogen-bond donors (Lipinski definition) is 0. The van der Waals surface area contributed by atoms with E-state index in [1.54, 1.807) is 25.1 Å². The molecule has 4 nitrogen and oxygen atoms in total. The molecule has 0 bridgehead atoms. The second-order valence-electron chi connectivity index (χ2n) is 5.12. The van der Waals surface area contributed by atoms with Crippen molar-refractivity contribution < 1.29 is 13.9 Å². The lowest BCUT2D eigenvalue weighted by molar-refractivity contribution is -0.139. The van der Waals surface area contributed by atoms with Gasteiger partial charge < -0.3 is 9.15 Å². The summed E-state index contributed by atoms with van der Waals surface area (Å²) in [6.07, 6.45) is 5.38. The number of oxazole rings is 1. The summed E-state index contributed by atoms with van der Waals surface area (Å²) >= 11 is 0. The van der Waals surface area contributed by atoms with E-state index in [1.165, 1.54) is 6.42 Å². The Kier molecular flexibility index (Phi) is 3.23. The number of esters is 1. The van der Waals surface area contributed by atoms with Gasteiger partial charge in [-0.25, -0.2) is 4.98 Å². The van der Waals surface area contributed by atoms with Gasteiger partial charge in [-0.05, 0) is 25.0 Å². The van der Waals surface area contributed by atoms with E-state index in [0.29, 0.717) is 11.6 Å². The van der Waals surface area contributed by atoms with Crippen LogP contribution < -0.4 is 4.74 Å². The fraction of sp³-hybridized carbons (Fsp3) is 0.467. The maximum Gasteiger partial charge on any atom is 0.314 e. The number of carbonyl (C=O) groups is 1. The highest BCUT2D eigenvalue weighted by atomic mass is 16.5. The minimum absolute atomic E-state index is 0.0588. The van der Waals surface area contributed by atoms with Gasteiger partial charge in [0.05, 0.1) is 5.92 Å². The molecular formula is C15H17NO3. The molecule has 0 N–H and O–H groups in total. The van der Waals surface area contributed by atoms with Crippen molar-refractivity contribution in [1.29, 1.82) is 0 Å². The molecule has 0 radical (unpaired) electrons. The molecule has 4 heteroatoms. The van der Waals surface area contributed by atoms with Gasteiger partial charge in [0.15, 0.2) is 11.5 Å². The zero-order valence-electron chi connectivity index (χ0n) is 11.0. The number of rotatable bonds is 2. The Hall–Kier alpha value is -1.84. The summed E-state index contributed by atoms with van der Waals surface area (Å²) in [4.78, 5) is 16.3. The number of benzene rings is 1. The smallest absolute Gasteiger partial charge is 0.314 e. The summed E-state index contributed by atoms with van der Waals surface area (Å²) in [5.41, 5.74) is 1.45. The monoisotopic (exact) mass is 259 g/mol. The van der Waals surface area contributed by atoms with Crippen LogP contribution in [0.3, 0.4) is 0 Å². The third-order valence-corrected chi connectivity index (χ3v) is 3.62. The molecule has 1 aromatic heterocycles. The van der Waals surface area contributed by atoms with Crippen LogP contribution in [0, 0.1) is 12.8 Å². The van der Waals surface area contributed by atoms with E-state index >= 15 is 0 Å². The summed E-state index contributed by atoms with van der Waals surface area (Å²) in [6.45, 7) is 1.80. The molecular weight excluding hydrogens is 242 g/mol. The van der Waals surface area contributed by atoms with E-state index in [0.717, 1.165) is 36.8 Å². The number of nitrogens with zero attached hydrogens (tertiary/aromatic N) is 1. The predicted molar refractivity (Wildman–Crippen MR) is 71.0 cm³/mol. The first-order valence-corrected chi connectivity index (χ1v) is 6.81. The van der Waals surface area contributed by atoms with E-state index in [-0.39, 0.29) is 11.9 Å². The van der Waals surface area contributed by atoms with Crippen LogP contribution in [0.2, 0.25) is 0 Å². The van der Waals surface area contributed by atoms with Gasteiger partial charge in [0.25, 0.3) is 0 Å². The van der Waals surface area contributed by atoms with E-state index in [9.17, 15) is 4.79 Å². The molecule has 0 aliphatic heterocycles. The lowest BCUT2D eigenvalue weighted by atomic mass is 9.89. The van der Waals surface area contributed by atoms with Crippen molar-refractivity contribution >= 4 is 17.1 Å². The molecule has 1 heterocycles. The van der Waals surface area contributed by atoms with Gasteiger partial charge in [-0.3, -0.25) is 4.79 Å². The summed E-state index contributed by atoms with van der Waals surface area (Å²) in [5, 5.41) is 0.